The zero-order chi connectivity index (χ0) is 13.6. The third kappa shape index (κ3) is 2.54. The molecule has 18 heavy (non-hydrogen) atoms. The second kappa shape index (κ2) is 4.28. The highest BCUT2D eigenvalue weighted by Gasteiger charge is 2.49. The molecular weight excluding hydrogens is 228 g/mol. The third-order valence-electron chi connectivity index (χ3n) is 3.63. The lowest BCUT2D eigenvalue weighted by atomic mass is 9.82. The van der Waals surface area contributed by atoms with Crippen LogP contribution < -0.4 is 0 Å². The van der Waals surface area contributed by atoms with Crippen molar-refractivity contribution in [1.29, 1.82) is 0 Å². The normalized spacial score (nSPS) is 27.1. The van der Waals surface area contributed by atoms with Gasteiger partial charge in [-0.15, -0.1) is 0 Å². The van der Waals surface area contributed by atoms with Crippen molar-refractivity contribution >= 4 is 0 Å². The Bertz CT molecular complexity index is 443. The summed E-state index contributed by atoms with van der Waals surface area (Å²) in [6.07, 6.45) is 1.91. The van der Waals surface area contributed by atoms with E-state index in [1.165, 1.54) is 0 Å². The van der Waals surface area contributed by atoms with Crippen LogP contribution >= 0.6 is 0 Å². The second-order valence-corrected chi connectivity index (χ2v) is 6.25. The number of aliphatic hydroxyl groups is 1. The van der Waals surface area contributed by atoms with Gasteiger partial charge in [-0.3, -0.25) is 0 Å². The molecule has 0 spiro atoms. The van der Waals surface area contributed by atoms with Crippen LogP contribution in [-0.4, -0.2) is 26.3 Å². The zero-order valence-electron chi connectivity index (χ0n) is 11.8. The van der Waals surface area contributed by atoms with Crippen molar-refractivity contribution in [3.8, 4) is 0 Å². The Hall–Kier alpha value is -1.00. The second-order valence-electron chi connectivity index (χ2n) is 6.25. The number of nitrogens with zero attached hydrogens (tertiary/aromatic N) is 2. The lowest BCUT2D eigenvalue weighted by Crippen LogP contribution is -2.33. The van der Waals surface area contributed by atoms with Gasteiger partial charge in [0.05, 0.1) is 16.9 Å². The Morgan fingerprint density at radius 1 is 1.39 bits per heavy atom. The van der Waals surface area contributed by atoms with Gasteiger partial charge >= 0.3 is 0 Å². The highest BCUT2D eigenvalue weighted by Crippen LogP contribution is 2.47. The minimum Gasteiger partial charge on any atom is -0.386 e. The van der Waals surface area contributed by atoms with E-state index in [4.69, 9.17) is 4.74 Å². The summed E-state index contributed by atoms with van der Waals surface area (Å²) < 4.78 is 6.02. The quantitative estimate of drug-likeness (QED) is 0.875. The van der Waals surface area contributed by atoms with Crippen molar-refractivity contribution in [2.75, 3.05) is 0 Å². The summed E-state index contributed by atoms with van der Waals surface area (Å²) in [7, 11) is 0. The minimum absolute atomic E-state index is 0.0433. The fourth-order valence-electron chi connectivity index (χ4n) is 2.94. The SMILES string of the molecule is Cc1nccc(C(O)C2CC(C)(C)OC2(C)C)n1. The van der Waals surface area contributed by atoms with E-state index in [9.17, 15) is 5.11 Å². The van der Waals surface area contributed by atoms with Crippen molar-refractivity contribution in [1.82, 2.24) is 9.97 Å². The van der Waals surface area contributed by atoms with E-state index >= 15 is 0 Å². The number of ether oxygens (including phenoxy) is 1. The van der Waals surface area contributed by atoms with Crippen molar-refractivity contribution < 1.29 is 9.84 Å². The molecule has 1 N–H and O–H groups in total. The van der Waals surface area contributed by atoms with Crippen LogP contribution in [-0.2, 0) is 4.74 Å². The van der Waals surface area contributed by atoms with E-state index < -0.39 is 6.10 Å². The van der Waals surface area contributed by atoms with E-state index in [1.807, 2.05) is 20.8 Å². The molecule has 4 heteroatoms. The topological polar surface area (TPSA) is 55.2 Å². The van der Waals surface area contributed by atoms with Crippen LogP contribution in [0.25, 0.3) is 0 Å². The Morgan fingerprint density at radius 2 is 2.06 bits per heavy atom. The van der Waals surface area contributed by atoms with Gasteiger partial charge in [-0.25, -0.2) is 9.97 Å². The van der Waals surface area contributed by atoms with Crippen LogP contribution in [0.15, 0.2) is 12.3 Å². The average Bonchev–Trinajstić information content (AvgIpc) is 2.45. The summed E-state index contributed by atoms with van der Waals surface area (Å²) in [6.45, 7) is 10.0. The summed E-state index contributed by atoms with van der Waals surface area (Å²) >= 11 is 0. The molecule has 1 aromatic heterocycles. The number of hydrogen-bond acceptors (Lipinski definition) is 4. The predicted octanol–water partition coefficient (Wildman–Crippen LogP) is 2.41. The first-order chi connectivity index (χ1) is 8.21. The van der Waals surface area contributed by atoms with Gasteiger partial charge in [-0.05, 0) is 47.1 Å². The first-order valence-electron chi connectivity index (χ1n) is 6.39. The third-order valence-corrected chi connectivity index (χ3v) is 3.63. The number of hydrogen-bond donors (Lipinski definition) is 1. The van der Waals surface area contributed by atoms with E-state index in [2.05, 4.69) is 23.8 Å². The van der Waals surface area contributed by atoms with Crippen LogP contribution in [0.5, 0.6) is 0 Å². The predicted molar refractivity (Wildman–Crippen MR) is 69.1 cm³/mol. The Morgan fingerprint density at radius 3 is 2.56 bits per heavy atom. The number of rotatable bonds is 2. The summed E-state index contributed by atoms with van der Waals surface area (Å²) in [5.74, 6) is 0.726. The molecule has 2 atom stereocenters. The van der Waals surface area contributed by atoms with E-state index in [-0.39, 0.29) is 17.1 Å². The molecule has 4 nitrogen and oxygen atoms in total. The first kappa shape index (κ1) is 13.4. The largest absolute Gasteiger partial charge is 0.386 e. The smallest absolute Gasteiger partial charge is 0.125 e. The zero-order valence-corrected chi connectivity index (χ0v) is 11.8. The number of aromatic nitrogens is 2. The Balaban J connectivity index is 2.26. The maximum absolute atomic E-state index is 10.5. The molecule has 1 fully saturated rings. The van der Waals surface area contributed by atoms with E-state index in [0.717, 1.165) is 6.42 Å². The van der Waals surface area contributed by atoms with Gasteiger partial charge < -0.3 is 9.84 Å². The molecular formula is C14H22N2O2. The molecule has 2 unspecified atom stereocenters. The molecule has 0 saturated carbocycles. The maximum atomic E-state index is 10.5. The van der Waals surface area contributed by atoms with Crippen LogP contribution in [0.2, 0.25) is 0 Å². The standard InChI is InChI=1S/C14H22N2O2/c1-9-15-7-6-11(16-9)12(17)10-8-13(2,3)18-14(10,4)5/h6-7,10,12,17H,8H2,1-5H3. The van der Waals surface area contributed by atoms with Crippen molar-refractivity contribution in [3.63, 3.8) is 0 Å². The Labute approximate surface area is 108 Å². The molecule has 1 aliphatic rings. The molecule has 0 radical (unpaired) electrons. The summed E-state index contributed by atoms with van der Waals surface area (Å²) in [5.41, 5.74) is 0.140. The Kier molecular flexibility index (Phi) is 3.19. The van der Waals surface area contributed by atoms with Gasteiger partial charge in [0, 0.05) is 12.1 Å². The number of aryl methyl sites for hydroxylation is 1. The van der Waals surface area contributed by atoms with Crippen LogP contribution in [0.1, 0.15) is 51.7 Å². The lowest BCUT2D eigenvalue weighted by molar-refractivity contribution is -0.0884. The molecule has 0 amide bonds. The molecule has 1 aromatic rings. The van der Waals surface area contributed by atoms with Crippen LogP contribution in [0.4, 0.5) is 0 Å². The van der Waals surface area contributed by atoms with Gasteiger partial charge in [0.25, 0.3) is 0 Å². The van der Waals surface area contributed by atoms with Crippen LogP contribution in [0, 0.1) is 12.8 Å². The van der Waals surface area contributed by atoms with Crippen LogP contribution in [0.3, 0.4) is 0 Å². The average molecular weight is 250 g/mol. The summed E-state index contributed by atoms with van der Waals surface area (Å²) in [5, 5.41) is 10.5. The van der Waals surface area contributed by atoms with Gasteiger partial charge in [-0.1, -0.05) is 0 Å². The van der Waals surface area contributed by atoms with Gasteiger partial charge in [0.15, 0.2) is 0 Å². The molecule has 0 aliphatic carbocycles. The molecule has 2 heterocycles. The van der Waals surface area contributed by atoms with Gasteiger partial charge in [-0.2, -0.15) is 0 Å². The highest BCUT2D eigenvalue weighted by atomic mass is 16.5. The molecule has 1 aliphatic heterocycles. The minimum atomic E-state index is -0.608. The van der Waals surface area contributed by atoms with Crippen molar-refractivity contribution in [3.05, 3.63) is 23.8 Å². The monoisotopic (exact) mass is 250 g/mol. The maximum Gasteiger partial charge on any atom is 0.125 e. The number of aliphatic hydroxyl groups excluding tert-OH is 1. The highest BCUT2D eigenvalue weighted by molar-refractivity contribution is 5.10. The van der Waals surface area contributed by atoms with E-state index in [1.54, 1.807) is 12.3 Å². The molecule has 1 saturated heterocycles. The van der Waals surface area contributed by atoms with Crippen molar-refractivity contribution in [2.24, 2.45) is 5.92 Å². The summed E-state index contributed by atoms with van der Waals surface area (Å²) in [4.78, 5) is 8.37. The van der Waals surface area contributed by atoms with Crippen molar-refractivity contribution in [2.45, 2.75) is 58.3 Å². The molecule has 2 rings (SSSR count). The lowest BCUT2D eigenvalue weighted by Gasteiger charge is -2.30. The fraction of sp³-hybridized carbons (Fsp3) is 0.714. The van der Waals surface area contributed by atoms with Gasteiger partial charge in [0.2, 0.25) is 0 Å². The summed E-state index contributed by atoms with van der Waals surface area (Å²) in [6, 6.07) is 1.78. The van der Waals surface area contributed by atoms with Gasteiger partial charge in [0.1, 0.15) is 11.9 Å². The molecule has 0 aromatic carbocycles. The fourth-order valence-corrected chi connectivity index (χ4v) is 2.94. The molecule has 0 bridgehead atoms. The first-order valence-corrected chi connectivity index (χ1v) is 6.39. The van der Waals surface area contributed by atoms with E-state index in [0.29, 0.717) is 11.5 Å². The molecule has 100 valence electrons.